The van der Waals surface area contributed by atoms with Crippen LogP contribution in [0.2, 0.25) is 0 Å². The van der Waals surface area contributed by atoms with Gasteiger partial charge in [-0.25, -0.2) is 8.42 Å². The predicted molar refractivity (Wildman–Crippen MR) is 108 cm³/mol. The van der Waals surface area contributed by atoms with Crippen molar-refractivity contribution < 1.29 is 22.7 Å². The van der Waals surface area contributed by atoms with Crippen LogP contribution < -0.4 is 14.8 Å². The van der Waals surface area contributed by atoms with Crippen molar-refractivity contribution >= 4 is 15.9 Å². The maximum absolute atomic E-state index is 12.9. The maximum atomic E-state index is 12.9. The molecule has 152 valence electrons. The van der Waals surface area contributed by atoms with E-state index in [1.54, 1.807) is 50.4 Å². The van der Waals surface area contributed by atoms with Gasteiger partial charge in [-0.1, -0.05) is 42.5 Å². The average Bonchev–Trinajstić information content (AvgIpc) is 2.66. The summed E-state index contributed by atoms with van der Waals surface area (Å²) in [7, 11) is -0.625. The molecule has 0 aromatic heterocycles. The first-order chi connectivity index (χ1) is 13.2. The van der Waals surface area contributed by atoms with Crippen LogP contribution >= 0.6 is 0 Å². The first-order valence-electron chi connectivity index (χ1n) is 8.78. The highest BCUT2D eigenvalue weighted by Crippen LogP contribution is 2.26. The number of likely N-dealkylation sites (N-methyl/N-ethyl adjacent to an activating group) is 1. The van der Waals surface area contributed by atoms with Crippen molar-refractivity contribution in [3.05, 3.63) is 60.2 Å². The Morgan fingerprint density at radius 3 is 2.21 bits per heavy atom. The summed E-state index contributed by atoms with van der Waals surface area (Å²) in [5, 5.41) is 2.83. The number of nitrogens with zero attached hydrogens (tertiary/aromatic N) is 1. The lowest BCUT2D eigenvalue weighted by molar-refractivity contribution is -0.125. The monoisotopic (exact) mass is 406 g/mol. The Balaban J connectivity index is 2.10. The number of benzene rings is 2. The fraction of sp³-hybridized carbons (Fsp3) is 0.350. The second-order valence-corrected chi connectivity index (χ2v) is 8.51. The largest absolute Gasteiger partial charge is 0.493 e. The Morgan fingerprint density at radius 2 is 1.64 bits per heavy atom. The molecule has 0 unspecified atom stereocenters. The van der Waals surface area contributed by atoms with E-state index in [9.17, 15) is 13.2 Å². The lowest BCUT2D eigenvalue weighted by Crippen LogP contribution is -2.45. The standard InChI is InChI=1S/C20H26N2O5S/c1-15(14-27-18-13-9-8-12-17(18)26-3)21-20(23)19(22(2)28(4,24)25)16-10-6-5-7-11-16/h5-13,15,19H,14H2,1-4H3,(H,21,23)/t15-,19+/m0/s1. The number of hydrogen-bond donors (Lipinski definition) is 1. The van der Waals surface area contributed by atoms with Gasteiger partial charge in [0.1, 0.15) is 12.6 Å². The number of nitrogens with one attached hydrogen (secondary N) is 1. The summed E-state index contributed by atoms with van der Waals surface area (Å²) in [6.07, 6.45) is 1.07. The predicted octanol–water partition coefficient (Wildman–Crippen LogP) is 2.21. The van der Waals surface area contributed by atoms with Crippen LogP contribution in [0.25, 0.3) is 0 Å². The minimum atomic E-state index is -3.57. The van der Waals surface area contributed by atoms with Crippen molar-refractivity contribution in [1.29, 1.82) is 0 Å². The molecule has 2 aromatic rings. The topological polar surface area (TPSA) is 84.9 Å². The molecule has 7 nitrogen and oxygen atoms in total. The van der Waals surface area contributed by atoms with Crippen molar-refractivity contribution in [3.8, 4) is 11.5 Å². The summed E-state index contributed by atoms with van der Waals surface area (Å²) >= 11 is 0. The Labute approximate surface area is 166 Å². The smallest absolute Gasteiger partial charge is 0.243 e. The molecule has 0 aliphatic heterocycles. The number of hydrogen-bond acceptors (Lipinski definition) is 5. The Kier molecular flexibility index (Phi) is 7.42. The Morgan fingerprint density at radius 1 is 1.07 bits per heavy atom. The van der Waals surface area contributed by atoms with Crippen LogP contribution in [0.3, 0.4) is 0 Å². The van der Waals surface area contributed by atoms with E-state index in [1.165, 1.54) is 7.05 Å². The van der Waals surface area contributed by atoms with E-state index in [2.05, 4.69) is 5.32 Å². The SMILES string of the molecule is COc1ccccc1OC[C@H](C)NC(=O)[C@@H](c1ccccc1)N(C)S(C)(=O)=O. The zero-order valence-electron chi connectivity index (χ0n) is 16.5. The third-order valence-corrected chi connectivity index (χ3v) is 5.45. The van der Waals surface area contributed by atoms with Crippen LogP contribution in [-0.2, 0) is 14.8 Å². The summed E-state index contributed by atoms with van der Waals surface area (Å²) < 4.78 is 36.1. The maximum Gasteiger partial charge on any atom is 0.243 e. The summed E-state index contributed by atoms with van der Waals surface area (Å²) in [5.74, 6) is 0.745. The molecule has 0 bridgehead atoms. The van der Waals surface area contributed by atoms with Crippen molar-refractivity contribution in [2.75, 3.05) is 27.0 Å². The molecule has 1 amide bonds. The lowest BCUT2D eigenvalue weighted by atomic mass is 10.1. The highest BCUT2D eigenvalue weighted by molar-refractivity contribution is 7.88. The van der Waals surface area contributed by atoms with E-state index in [1.807, 2.05) is 18.2 Å². The molecular formula is C20H26N2O5S. The molecule has 0 spiro atoms. The summed E-state index contributed by atoms with van der Waals surface area (Å²) in [6.45, 7) is 1.99. The van der Waals surface area contributed by atoms with Crippen LogP contribution in [0.1, 0.15) is 18.5 Å². The summed E-state index contributed by atoms with van der Waals surface area (Å²) in [4.78, 5) is 12.9. The van der Waals surface area contributed by atoms with Crippen LogP contribution in [0.15, 0.2) is 54.6 Å². The number of rotatable bonds is 9. The van der Waals surface area contributed by atoms with Crippen molar-refractivity contribution in [3.63, 3.8) is 0 Å². The molecule has 2 atom stereocenters. The van der Waals surface area contributed by atoms with E-state index in [-0.39, 0.29) is 12.6 Å². The van der Waals surface area contributed by atoms with E-state index in [4.69, 9.17) is 9.47 Å². The number of carbonyl (C=O) groups excluding carboxylic acids is 1. The number of amides is 1. The molecule has 0 radical (unpaired) electrons. The molecule has 8 heteroatoms. The number of sulfonamides is 1. The van der Waals surface area contributed by atoms with Crippen molar-refractivity contribution in [1.82, 2.24) is 9.62 Å². The van der Waals surface area contributed by atoms with Gasteiger partial charge in [-0.3, -0.25) is 4.79 Å². The van der Waals surface area contributed by atoms with Crippen molar-refractivity contribution in [2.24, 2.45) is 0 Å². The Hall–Kier alpha value is -2.58. The number of methoxy groups -OCH3 is 1. The zero-order chi connectivity index (χ0) is 20.7. The molecular weight excluding hydrogens is 380 g/mol. The van der Waals surface area contributed by atoms with Gasteiger partial charge in [0, 0.05) is 7.05 Å². The second-order valence-electron chi connectivity index (χ2n) is 6.46. The van der Waals surface area contributed by atoms with Gasteiger partial charge in [0.15, 0.2) is 11.5 Å². The lowest BCUT2D eigenvalue weighted by Gasteiger charge is -2.27. The fourth-order valence-corrected chi connectivity index (χ4v) is 3.27. The molecule has 0 fully saturated rings. The zero-order valence-corrected chi connectivity index (χ0v) is 17.3. The summed E-state index contributed by atoms with van der Waals surface area (Å²) in [5.41, 5.74) is 0.589. The number of para-hydroxylation sites is 2. The first kappa shape index (κ1) is 21.7. The van der Waals surface area contributed by atoms with E-state index in [0.29, 0.717) is 17.1 Å². The third kappa shape index (κ3) is 5.71. The van der Waals surface area contributed by atoms with Crippen LogP contribution in [0.4, 0.5) is 0 Å². The highest BCUT2D eigenvalue weighted by atomic mass is 32.2. The molecule has 0 saturated carbocycles. The highest BCUT2D eigenvalue weighted by Gasteiger charge is 2.31. The minimum absolute atomic E-state index is 0.205. The molecule has 28 heavy (non-hydrogen) atoms. The average molecular weight is 407 g/mol. The summed E-state index contributed by atoms with van der Waals surface area (Å²) in [6, 6.07) is 14.7. The van der Waals surface area contributed by atoms with E-state index < -0.39 is 22.0 Å². The third-order valence-electron chi connectivity index (χ3n) is 4.20. The molecule has 1 N–H and O–H groups in total. The van der Waals surface area contributed by atoms with Crippen LogP contribution in [0, 0.1) is 0 Å². The molecule has 2 rings (SSSR count). The van der Waals surface area contributed by atoms with Gasteiger partial charge < -0.3 is 14.8 Å². The number of ether oxygens (including phenoxy) is 2. The molecule has 0 aliphatic rings. The normalized spacial score (nSPS) is 13.6. The van der Waals surface area contributed by atoms with E-state index >= 15 is 0 Å². The second kappa shape index (κ2) is 9.57. The molecule has 0 heterocycles. The van der Waals surface area contributed by atoms with E-state index in [0.717, 1.165) is 10.6 Å². The molecule has 0 aliphatic carbocycles. The fourth-order valence-electron chi connectivity index (χ4n) is 2.67. The van der Waals surface area contributed by atoms with Gasteiger partial charge >= 0.3 is 0 Å². The molecule has 0 saturated heterocycles. The van der Waals surface area contributed by atoms with Gasteiger partial charge in [-0.05, 0) is 24.6 Å². The van der Waals surface area contributed by atoms with Crippen molar-refractivity contribution in [2.45, 2.75) is 19.0 Å². The quantitative estimate of drug-likeness (QED) is 0.690. The van der Waals surface area contributed by atoms with Gasteiger partial charge in [0.25, 0.3) is 0 Å². The minimum Gasteiger partial charge on any atom is -0.493 e. The van der Waals surface area contributed by atoms with Gasteiger partial charge in [-0.2, -0.15) is 4.31 Å². The molecule has 2 aromatic carbocycles. The van der Waals surface area contributed by atoms with Gasteiger partial charge in [0.05, 0.1) is 19.4 Å². The first-order valence-corrected chi connectivity index (χ1v) is 10.6. The van der Waals surface area contributed by atoms with Gasteiger partial charge in [0.2, 0.25) is 15.9 Å². The van der Waals surface area contributed by atoms with Gasteiger partial charge in [-0.15, -0.1) is 0 Å². The number of carbonyl (C=O) groups is 1. The van der Waals surface area contributed by atoms with Crippen LogP contribution in [0.5, 0.6) is 11.5 Å². The van der Waals surface area contributed by atoms with Crippen LogP contribution in [-0.4, -0.2) is 51.7 Å². The Bertz CT molecular complexity index is 886.